The topological polar surface area (TPSA) is 143 Å². The molecule has 9 nitrogen and oxygen atoms in total. The average molecular weight is 346 g/mol. The fourth-order valence-electron chi connectivity index (χ4n) is 1.51. The molecule has 10 heteroatoms. The molecule has 0 amide bonds. The van der Waals surface area contributed by atoms with Crippen LogP contribution in [0.2, 0.25) is 0 Å². The van der Waals surface area contributed by atoms with E-state index in [-0.39, 0.29) is 37.0 Å². The Labute approximate surface area is 135 Å². The first kappa shape index (κ1) is 19.4. The van der Waals surface area contributed by atoms with E-state index in [4.69, 9.17) is 25.5 Å². The van der Waals surface area contributed by atoms with Crippen molar-refractivity contribution in [3.05, 3.63) is 18.2 Å². The molecule has 0 bridgehead atoms. The molecular formula is C13H23N4O5P. The van der Waals surface area contributed by atoms with Crippen LogP contribution in [0.25, 0.3) is 0 Å². The second kappa shape index (κ2) is 10.2. The molecular weight excluding hydrogens is 323 g/mol. The Morgan fingerprint density at radius 1 is 1.30 bits per heavy atom. The highest BCUT2D eigenvalue weighted by atomic mass is 31.2. The Hall–Kier alpha value is -1.67. The summed E-state index contributed by atoms with van der Waals surface area (Å²) >= 11 is 0. The summed E-state index contributed by atoms with van der Waals surface area (Å²) in [6, 6.07) is 1.43. The maximum absolute atomic E-state index is 11.7. The second-order valence-corrected chi connectivity index (χ2v) is 6.37. The number of hydrogen-bond acceptors (Lipinski definition) is 8. The standard InChI is InChI=1S/C13H23N4O5P/c1-2-20-6-5-8-22-23(18,19)9-4-3-7-21-12-10-11(14)16-13(15)17-12/h3-4,10H,2,5-9H2,1H3,(H,18,19)(H4,14,15,16,17)/b4-3+. The Bertz CT molecular complexity index is 535. The molecule has 0 radical (unpaired) electrons. The molecule has 1 atom stereocenters. The molecule has 1 aromatic heterocycles. The van der Waals surface area contributed by atoms with Gasteiger partial charge in [-0.05, 0) is 13.3 Å². The Balaban J connectivity index is 2.25. The molecule has 1 heterocycles. The summed E-state index contributed by atoms with van der Waals surface area (Å²) in [5.41, 5.74) is 10.9. The van der Waals surface area contributed by atoms with E-state index >= 15 is 0 Å². The largest absolute Gasteiger partial charge is 0.473 e. The van der Waals surface area contributed by atoms with Gasteiger partial charge in [0.15, 0.2) is 0 Å². The van der Waals surface area contributed by atoms with Crippen molar-refractivity contribution in [1.82, 2.24) is 9.97 Å². The van der Waals surface area contributed by atoms with Gasteiger partial charge in [0.25, 0.3) is 0 Å². The predicted octanol–water partition coefficient (Wildman–Crippen LogP) is 1.20. The highest BCUT2D eigenvalue weighted by Crippen LogP contribution is 2.41. The highest BCUT2D eigenvalue weighted by molar-refractivity contribution is 7.53. The van der Waals surface area contributed by atoms with Gasteiger partial charge < -0.3 is 30.4 Å². The van der Waals surface area contributed by atoms with Crippen molar-refractivity contribution in [1.29, 1.82) is 0 Å². The molecule has 5 N–H and O–H groups in total. The predicted molar refractivity (Wildman–Crippen MR) is 87.2 cm³/mol. The Morgan fingerprint density at radius 3 is 2.78 bits per heavy atom. The Kier molecular flexibility index (Phi) is 8.57. The van der Waals surface area contributed by atoms with E-state index in [0.717, 1.165) is 0 Å². The fraction of sp³-hybridized carbons (Fsp3) is 0.538. The van der Waals surface area contributed by atoms with Gasteiger partial charge in [-0.2, -0.15) is 9.97 Å². The van der Waals surface area contributed by atoms with Crippen molar-refractivity contribution in [3.63, 3.8) is 0 Å². The molecule has 1 rings (SSSR count). The van der Waals surface area contributed by atoms with Crippen LogP contribution in [-0.4, -0.2) is 47.5 Å². The van der Waals surface area contributed by atoms with E-state index in [1.54, 1.807) is 6.08 Å². The molecule has 0 aromatic carbocycles. The zero-order chi connectivity index (χ0) is 17.1. The molecule has 0 aliphatic heterocycles. The molecule has 0 fully saturated rings. The Morgan fingerprint density at radius 2 is 2.09 bits per heavy atom. The van der Waals surface area contributed by atoms with Gasteiger partial charge in [-0.1, -0.05) is 12.2 Å². The van der Waals surface area contributed by atoms with E-state index in [0.29, 0.717) is 19.6 Å². The van der Waals surface area contributed by atoms with Crippen molar-refractivity contribution in [2.45, 2.75) is 13.3 Å². The average Bonchev–Trinajstić information content (AvgIpc) is 2.45. The second-order valence-electron chi connectivity index (χ2n) is 4.48. The minimum Gasteiger partial charge on any atom is -0.473 e. The van der Waals surface area contributed by atoms with Crippen LogP contribution in [0.15, 0.2) is 18.2 Å². The van der Waals surface area contributed by atoms with Crippen LogP contribution in [0.4, 0.5) is 11.8 Å². The number of rotatable bonds is 11. The number of nitrogens with zero attached hydrogens (tertiary/aromatic N) is 2. The van der Waals surface area contributed by atoms with Gasteiger partial charge in [0.05, 0.1) is 12.8 Å². The number of ether oxygens (including phenoxy) is 2. The smallest absolute Gasteiger partial charge is 0.331 e. The molecule has 1 unspecified atom stereocenters. The lowest BCUT2D eigenvalue weighted by Gasteiger charge is -2.10. The molecule has 130 valence electrons. The summed E-state index contributed by atoms with van der Waals surface area (Å²) in [7, 11) is -3.63. The van der Waals surface area contributed by atoms with Gasteiger partial charge in [-0.15, -0.1) is 0 Å². The SMILES string of the molecule is CCOCCCOP(=O)(O)C/C=C/COc1cc(N)nc(N)n1. The molecule has 0 saturated heterocycles. The van der Waals surface area contributed by atoms with Gasteiger partial charge in [-0.25, -0.2) is 0 Å². The summed E-state index contributed by atoms with van der Waals surface area (Å²) < 4.78 is 27.1. The zero-order valence-corrected chi connectivity index (χ0v) is 13.9. The van der Waals surface area contributed by atoms with E-state index in [1.165, 1.54) is 12.1 Å². The molecule has 23 heavy (non-hydrogen) atoms. The molecule has 0 aliphatic rings. The van der Waals surface area contributed by atoms with Gasteiger partial charge in [0, 0.05) is 19.3 Å². The van der Waals surface area contributed by atoms with E-state index in [1.807, 2.05) is 6.92 Å². The lowest BCUT2D eigenvalue weighted by Crippen LogP contribution is -2.03. The number of allylic oxidation sites excluding steroid dienone is 1. The summed E-state index contributed by atoms with van der Waals surface area (Å²) in [5.74, 6) is 0.458. The maximum Gasteiger partial charge on any atom is 0.331 e. The minimum absolute atomic E-state index is 0.0179. The summed E-state index contributed by atoms with van der Waals surface area (Å²) in [5, 5.41) is 0. The number of nitrogen functional groups attached to an aromatic ring is 2. The lowest BCUT2D eigenvalue weighted by atomic mass is 10.5. The van der Waals surface area contributed by atoms with E-state index in [2.05, 4.69) is 9.97 Å². The van der Waals surface area contributed by atoms with Crippen LogP contribution in [0.1, 0.15) is 13.3 Å². The van der Waals surface area contributed by atoms with Crippen molar-refractivity contribution < 1.29 is 23.5 Å². The quantitative estimate of drug-likeness (QED) is 0.306. The van der Waals surface area contributed by atoms with Gasteiger partial charge in [0.1, 0.15) is 12.4 Å². The first-order valence-corrected chi connectivity index (χ1v) is 8.91. The zero-order valence-electron chi connectivity index (χ0n) is 13.1. The molecule has 0 aliphatic carbocycles. The first-order valence-electron chi connectivity index (χ1n) is 7.15. The third-order valence-electron chi connectivity index (χ3n) is 2.50. The number of aromatic nitrogens is 2. The van der Waals surface area contributed by atoms with Gasteiger partial charge in [0.2, 0.25) is 11.8 Å². The van der Waals surface area contributed by atoms with Crippen LogP contribution >= 0.6 is 7.60 Å². The third kappa shape index (κ3) is 9.14. The monoisotopic (exact) mass is 346 g/mol. The first-order chi connectivity index (χ1) is 10.9. The molecule has 0 spiro atoms. The number of nitrogens with two attached hydrogens (primary N) is 2. The van der Waals surface area contributed by atoms with Crippen molar-refractivity contribution in [2.75, 3.05) is 44.1 Å². The van der Waals surface area contributed by atoms with Crippen LogP contribution in [0, 0.1) is 0 Å². The summed E-state index contributed by atoms with van der Waals surface area (Å²) in [6.07, 6.45) is 3.57. The van der Waals surface area contributed by atoms with Crippen molar-refractivity contribution in [2.24, 2.45) is 0 Å². The molecule has 1 aromatic rings. The molecule has 0 saturated carbocycles. The summed E-state index contributed by atoms with van der Waals surface area (Å²) in [4.78, 5) is 17.2. The van der Waals surface area contributed by atoms with Crippen molar-refractivity contribution in [3.8, 4) is 5.88 Å². The van der Waals surface area contributed by atoms with Crippen LogP contribution in [0.5, 0.6) is 5.88 Å². The third-order valence-corrected chi connectivity index (χ3v) is 3.76. The van der Waals surface area contributed by atoms with Gasteiger partial charge >= 0.3 is 7.60 Å². The van der Waals surface area contributed by atoms with Gasteiger partial charge in [-0.3, -0.25) is 4.57 Å². The number of hydrogen-bond donors (Lipinski definition) is 3. The minimum atomic E-state index is -3.63. The highest BCUT2D eigenvalue weighted by Gasteiger charge is 2.16. The lowest BCUT2D eigenvalue weighted by molar-refractivity contribution is 0.128. The van der Waals surface area contributed by atoms with E-state index in [9.17, 15) is 9.46 Å². The van der Waals surface area contributed by atoms with Crippen molar-refractivity contribution >= 4 is 19.4 Å². The maximum atomic E-state index is 11.7. The van der Waals surface area contributed by atoms with Crippen LogP contribution in [0.3, 0.4) is 0 Å². The fourth-order valence-corrected chi connectivity index (χ4v) is 2.44. The van der Waals surface area contributed by atoms with Crippen LogP contribution in [-0.2, 0) is 13.8 Å². The van der Waals surface area contributed by atoms with E-state index < -0.39 is 7.60 Å². The normalized spacial score (nSPS) is 14.0. The number of anilines is 2. The van der Waals surface area contributed by atoms with Crippen LogP contribution < -0.4 is 16.2 Å². The summed E-state index contributed by atoms with van der Waals surface area (Å²) in [6.45, 7) is 3.33.